The summed E-state index contributed by atoms with van der Waals surface area (Å²) in [6, 6.07) is 4.47. The number of hydrogen-bond acceptors (Lipinski definition) is 2. The molecular weight excluding hydrogens is 211 g/mol. The van der Waals surface area contributed by atoms with E-state index in [0.717, 1.165) is 0 Å². The Balaban J connectivity index is 2.86. The number of hydrogen-bond donors (Lipinski definition) is 1. The van der Waals surface area contributed by atoms with Crippen LogP contribution in [0.25, 0.3) is 11.0 Å². The summed E-state index contributed by atoms with van der Waals surface area (Å²) >= 11 is 0. The first kappa shape index (κ1) is 10.7. The summed E-state index contributed by atoms with van der Waals surface area (Å²) < 4.78 is 18.5. The van der Waals surface area contributed by atoms with Crippen LogP contribution in [0.1, 0.15) is 35.9 Å². The Hall–Kier alpha value is -1.84. The molecule has 84 valence electrons. The first-order valence-electron chi connectivity index (χ1n) is 4.96. The molecule has 16 heavy (non-hydrogen) atoms. The van der Waals surface area contributed by atoms with E-state index in [-0.39, 0.29) is 17.3 Å². The van der Waals surface area contributed by atoms with Crippen molar-refractivity contribution in [3.63, 3.8) is 0 Å². The van der Waals surface area contributed by atoms with Crippen LogP contribution < -0.4 is 0 Å². The van der Waals surface area contributed by atoms with E-state index in [4.69, 9.17) is 9.52 Å². The van der Waals surface area contributed by atoms with Crippen LogP contribution in [0.2, 0.25) is 0 Å². The second-order valence-corrected chi connectivity index (χ2v) is 3.92. The molecule has 0 aliphatic heterocycles. The quantitative estimate of drug-likeness (QED) is 0.847. The van der Waals surface area contributed by atoms with Gasteiger partial charge in [0.2, 0.25) is 5.76 Å². The molecule has 0 saturated carbocycles. The fourth-order valence-electron chi connectivity index (χ4n) is 1.84. The Morgan fingerprint density at radius 1 is 1.44 bits per heavy atom. The Kier molecular flexibility index (Phi) is 2.42. The lowest BCUT2D eigenvalue weighted by Crippen LogP contribution is -2.00. The summed E-state index contributed by atoms with van der Waals surface area (Å²) in [6.45, 7) is 3.70. The number of halogens is 1. The minimum Gasteiger partial charge on any atom is -0.475 e. The first-order chi connectivity index (χ1) is 7.52. The number of para-hydroxylation sites is 1. The second-order valence-electron chi connectivity index (χ2n) is 3.92. The Morgan fingerprint density at radius 3 is 2.69 bits per heavy atom. The number of fused-ring (bicyclic) bond motifs is 1. The van der Waals surface area contributed by atoms with Crippen molar-refractivity contribution in [2.45, 2.75) is 19.8 Å². The lowest BCUT2D eigenvalue weighted by molar-refractivity contribution is 0.0662. The molecule has 2 aromatic rings. The summed E-state index contributed by atoms with van der Waals surface area (Å²) in [4.78, 5) is 11.0. The van der Waals surface area contributed by atoms with Crippen LogP contribution >= 0.6 is 0 Å². The maximum atomic E-state index is 13.4. The van der Waals surface area contributed by atoms with Gasteiger partial charge in [-0.1, -0.05) is 26.0 Å². The van der Waals surface area contributed by atoms with Gasteiger partial charge in [0, 0.05) is 10.9 Å². The number of rotatable bonds is 2. The molecule has 0 atom stereocenters. The van der Waals surface area contributed by atoms with Crippen molar-refractivity contribution in [2.75, 3.05) is 0 Å². The highest BCUT2D eigenvalue weighted by molar-refractivity contribution is 5.95. The van der Waals surface area contributed by atoms with Crippen LogP contribution in [-0.4, -0.2) is 11.1 Å². The molecule has 1 aromatic carbocycles. The molecule has 0 aliphatic rings. The highest BCUT2D eigenvalue weighted by Crippen LogP contribution is 2.33. The predicted octanol–water partition coefficient (Wildman–Crippen LogP) is 3.39. The minimum absolute atomic E-state index is 0.0172. The zero-order valence-corrected chi connectivity index (χ0v) is 8.95. The van der Waals surface area contributed by atoms with Crippen molar-refractivity contribution >= 4 is 16.9 Å². The minimum atomic E-state index is -1.17. The van der Waals surface area contributed by atoms with Crippen molar-refractivity contribution in [3.05, 3.63) is 35.3 Å². The molecule has 0 saturated heterocycles. The standard InChI is InChI=1S/C12H11FO3/c1-6(2)9-7-4-3-5-8(13)10(7)16-11(9)12(14)15/h3-6H,1-2H3,(H,14,15). The number of benzene rings is 1. The molecule has 0 fully saturated rings. The van der Waals surface area contributed by atoms with Crippen molar-refractivity contribution in [1.29, 1.82) is 0 Å². The molecule has 1 aromatic heterocycles. The molecule has 2 rings (SSSR count). The third kappa shape index (κ3) is 1.46. The van der Waals surface area contributed by atoms with Gasteiger partial charge in [0.1, 0.15) is 0 Å². The fourth-order valence-corrected chi connectivity index (χ4v) is 1.84. The number of carboxylic acids is 1. The van der Waals surface area contributed by atoms with Gasteiger partial charge in [0.25, 0.3) is 0 Å². The van der Waals surface area contributed by atoms with E-state index < -0.39 is 11.8 Å². The van der Waals surface area contributed by atoms with Gasteiger partial charge in [0.15, 0.2) is 11.4 Å². The normalized spacial score (nSPS) is 11.2. The molecule has 0 aliphatic carbocycles. The van der Waals surface area contributed by atoms with Crippen LogP contribution in [0.5, 0.6) is 0 Å². The summed E-state index contributed by atoms with van der Waals surface area (Å²) in [5, 5.41) is 9.52. The first-order valence-corrected chi connectivity index (χ1v) is 4.96. The molecule has 3 nitrogen and oxygen atoms in total. The zero-order valence-electron chi connectivity index (χ0n) is 8.95. The highest BCUT2D eigenvalue weighted by Gasteiger charge is 2.23. The Bertz CT molecular complexity index is 555. The highest BCUT2D eigenvalue weighted by atomic mass is 19.1. The van der Waals surface area contributed by atoms with Crippen molar-refractivity contribution in [2.24, 2.45) is 0 Å². The van der Waals surface area contributed by atoms with Gasteiger partial charge < -0.3 is 9.52 Å². The van der Waals surface area contributed by atoms with Gasteiger partial charge in [-0.2, -0.15) is 0 Å². The SMILES string of the molecule is CC(C)c1c(C(=O)O)oc2c(F)cccc12. The lowest BCUT2D eigenvalue weighted by Gasteiger charge is -2.02. The molecule has 1 N–H and O–H groups in total. The smallest absolute Gasteiger partial charge is 0.372 e. The van der Waals surface area contributed by atoms with E-state index in [2.05, 4.69) is 0 Å². The number of furan rings is 1. The summed E-state index contributed by atoms with van der Waals surface area (Å²) in [5.41, 5.74) is 0.561. The lowest BCUT2D eigenvalue weighted by atomic mass is 9.99. The molecule has 0 bridgehead atoms. The third-order valence-electron chi connectivity index (χ3n) is 2.48. The van der Waals surface area contributed by atoms with E-state index in [1.54, 1.807) is 12.1 Å². The van der Waals surface area contributed by atoms with Crippen molar-refractivity contribution in [1.82, 2.24) is 0 Å². The van der Waals surface area contributed by atoms with E-state index in [9.17, 15) is 9.18 Å². The molecule has 0 spiro atoms. The average molecular weight is 222 g/mol. The van der Waals surface area contributed by atoms with Gasteiger partial charge in [0.05, 0.1) is 0 Å². The number of carbonyl (C=O) groups is 1. The van der Waals surface area contributed by atoms with Gasteiger partial charge in [-0.3, -0.25) is 0 Å². The largest absolute Gasteiger partial charge is 0.475 e. The Morgan fingerprint density at radius 2 is 2.12 bits per heavy atom. The van der Waals surface area contributed by atoms with Crippen LogP contribution in [0.4, 0.5) is 4.39 Å². The van der Waals surface area contributed by atoms with E-state index >= 15 is 0 Å². The fraction of sp³-hybridized carbons (Fsp3) is 0.250. The Labute approximate surface area is 91.5 Å². The predicted molar refractivity (Wildman–Crippen MR) is 57.2 cm³/mol. The zero-order chi connectivity index (χ0) is 11.9. The van der Waals surface area contributed by atoms with Crippen LogP contribution in [0.15, 0.2) is 22.6 Å². The number of carboxylic acid groups (broad SMARTS) is 1. The van der Waals surface area contributed by atoms with E-state index in [1.807, 2.05) is 13.8 Å². The topological polar surface area (TPSA) is 50.4 Å². The van der Waals surface area contributed by atoms with Crippen molar-refractivity contribution < 1.29 is 18.7 Å². The van der Waals surface area contributed by atoms with Crippen LogP contribution in [0, 0.1) is 5.82 Å². The number of aromatic carboxylic acids is 1. The monoisotopic (exact) mass is 222 g/mol. The van der Waals surface area contributed by atoms with Crippen LogP contribution in [0.3, 0.4) is 0 Å². The van der Waals surface area contributed by atoms with Gasteiger partial charge in [-0.15, -0.1) is 0 Å². The van der Waals surface area contributed by atoms with Gasteiger partial charge >= 0.3 is 5.97 Å². The van der Waals surface area contributed by atoms with E-state index in [1.165, 1.54) is 6.07 Å². The molecule has 1 heterocycles. The maximum Gasteiger partial charge on any atom is 0.372 e. The summed E-state index contributed by atoms with van der Waals surface area (Å²) in [6.07, 6.45) is 0. The molecule has 0 unspecified atom stereocenters. The molecule has 4 heteroatoms. The molecule has 0 amide bonds. The van der Waals surface area contributed by atoms with Gasteiger partial charge in [-0.25, -0.2) is 9.18 Å². The van der Waals surface area contributed by atoms with Crippen LogP contribution in [-0.2, 0) is 0 Å². The van der Waals surface area contributed by atoms with Crippen molar-refractivity contribution in [3.8, 4) is 0 Å². The molecular formula is C12H11FO3. The van der Waals surface area contributed by atoms with E-state index in [0.29, 0.717) is 10.9 Å². The molecule has 0 radical (unpaired) electrons. The summed E-state index contributed by atoms with van der Waals surface area (Å²) in [7, 11) is 0. The summed E-state index contributed by atoms with van der Waals surface area (Å²) in [5.74, 6) is -1.91. The second kappa shape index (κ2) is 3.63. The maximum absolute atomic E-state index is 13.4. The van der Waals surface area contributed by atoms with Gasteiger partial charge in [-0.05, 0) is 12.0 Å². The average Bonchev–Trinajstić information content (AvgIpc) is 2.58. The third-order valence-corrected chi connectivity index (χ3v) is 2.48.